The number of fused-ring (bicyclic) bond motifs is 1. The predicted octanol–water partition coefficient (Wildman–Crippen LogP) is 1.40. The molecule has 8 heteroatoms. The highest BCUT2D eigenvalue weighted by molar-refractivity contribution is 6.30. The quantitative estimate of drug-likeness (QED) is 0.723. The van der Waals surface area contributed by atoms with Crippen LogP contribution in [0.1, 0.15) is 16.9 Å². The Morgan fingerprint density at radius 1 is 1.43 bits per heavy atom. The van der Waals surface area contributed by atoms with Crippen LogP contribution in [-0.4, -0.2) is 36.8 Å². The zero-order chi connectivity index (χ0) is 14.7. The molecular formula is C13H13ClN6O. The minimum absolute atomic E-state index is 0.209. The fraction of sp³-hybridized carbons (Fsp3) is 0.231. The summed E-state index contributed by atoms with van der Waals surface area (Å²) in [6.07, 6.45) is 7.50. The van der Waals surface area contributed by atoms with Gasteiger partial charge in [-0.05, 0) is 12.5 Å². The molecule has 0 spiro atoms. The van der Waals surface area contributed by atoms with Gasteiger partial charge in [-0.2, -0.15) is 10.2 Å². The number of rotatable bonds is 5. The zero-order valence-electron chi connectivity index (χ0n) is 11.1. The summed E-state index contributed by atoms with van der Waals surface area (Å²) in [5.74, 6) is -0.209. The fourth-order valence-electron chi connectivity index (χ4n) is 1.94. The van der Waals surface area contributed by atoms with Gasteiger partial charge in [0.25, 0.3) is 5.91 Å². The second-order valence-corrected chi connectivity index (χ2v) is 4.92. The van der Waals surface area contributed by atoms with Gasteiger partial charge in [0.2, 0.25) is 0 Å². The summed E-state index contributed by atoms with van der Waals surface area (Å²) in [5.41, 5.74) is 1.00. The standard InChI is InChI=1S/C13H13ClN6O/c14-10-8-17-19(9-10)5-1-4-16-13(21)11-7-12-15-3-2-6-20(12)18-11/h2-3,6-9H,1,4-5H2,(H,16,21). The summed E-state index contributed by atoms with van der Waals surface area (Å²) in [4.78, 5) is 16.1. The lowest BCUT2D eigenvalue weighted by atomic mass is 10.3. The van der Waals surface area contributed by atoms with Crippen molar-refractivity contribution in [3.63, 3.8) is 0 Å². The molecule has 0 aromatic carbocycles. The van der Waals surface area contributed by atoms with E-state index in [4.69, 9.17) is 11.6 Å². The number of nitrogens with zero attached hydrogens (tertiary/aromatic N) is 5. The number of carbonyl (C=O) groups excluding carboxylic acids is 1. The molecule has 3 rings (SSSR count). The van der Waals surface area contributed by atoms with Crippen molar-refractivity contribution in [2.45, 2.75) is 13.0 Å². The minimum atomic E-state index is -0.209. The molecule has 3 aromatic heterocycles. The van der Waals surface area contributed by atoms with E-state index in [1.807, 2.05) is 0 Å². The van der Waals surface area contributed by atoms with E-state index in [0.717, 1.165) is 6.42 Å². The van der Waals surface area contributed by atoms with Crippen molar-refractivity contribution in [3.8, 4) is 0 Å². The first-order valence-corrected chi connectivity index (χ1v) is 6.87. The normalized spacial score (nSPS) is 10.9. The average Bonchev–Trinajstić information content (AvgIpc) is 3.09. The molecular weight excluding hydrogens is 292 g/mol. The Labute approximate surface area is 125 Å². The molecule has 21 heavy (non-hydrogen) atoms. The van der Waals surface area contributed by atoms with Crippen LogP contribution in [0.4, 0.5) is 0 Å². The summed E-state index contributed by atoms with van der Waals surface area (Å²) in [7, 11) is 0. The van der Waals surface area contributed by atoms with Gasteiger partial charge in [0.05, 0.1) is 11.2 Å². The smallest absolute Gasteiger partial charge is 0.271 e. The van der Waals surface area contributed by atoms with Crippen LogP contribution < -0.4 is 5.32 Å². The summed E-state index contributed by atoms with van der Waals surface area (Å²) >= 11 is 5.77. The van der Waals surface area contributed by atoms with Gasteiger partial charge >= 0.3 is 0 Å². The third kappa shape index (κ3) is 3.19. The first kappa shape index (κ1) is 13.6. The van der Waals surface area contributed by atoms with Crippen molar-refractivity contribution in [2.75, 3.05) is 6.54 Å². The molecule has 3 aromatic rings. The van der Waals surface area contributed by atoms with Crippen LogP contribution in [0.15, 0.2) is 36.9 Å². The summed E-state index contributed by atoms with van der Waals surface area (Å²) in [6, 6.07) is 3.42. The molecule has 0 unspecified atom stereocenters. The average molecular weight is 305 g/mol. The number of aryl methyl sites for hydroxylation is 1. The van der Waals surface area contributed by atoms with E-state index in [1.54, 1.807) is 46.1 Å². The second kappa shape index (κ2) is 5.92. The number of carbonyl (C=O) groups is 1. The summed E-state index contributed by atoms with van der Waals surface area (Å²) in [5, 5.41) is 11.7. The number of hydrogen-bond acceptors (Lipinski definition) is 4. The molecule has 0 aliphatic rings. The van der Waals surface area contributed by atoms with Gasteiger partial charge in [0.15, 0.2) is 11.3 Å². The summed E-state index contributed by atoms with van der Waals surface area (Å²) in [6.45, 7) is 1.23. The Bertz CT molecular complexity index is 732. The highest BCUT2D eigenvalue weighted by Crippen LogP contribution is 2.05. The largest absolute Gasteiger partial charge is 0.351 e. The maximum atomic E-state index is 12.0. The molecule has 0 aliphatic heterocycles. The first-order valence-electron chi connectivity index (χ1n) is 6.49. The fourth-order valence-corrected chi connectivity index (χ4v) is 2.09. The van der Waals surface area contributed by atoms with Crippen LogP contribution in [0.3, 0.4) is 0 Å². The van der Waals surface area contributed by atoms with E-state index < -0.39 is 0 Å². The van der Waals surface area contributed by atoms with Crippen molar-refractivity contribution in [2.24, 2.45) is 0 Å². The number of halogens is 1. The van der Waals surface area contributed by atoms with Gasteiger partial charge in [-0.25, -0.2) is 9.50 Å². The van der Waals surface area contributed by atoms with E-state index in [-0.39, 0.29) is 5.91 Å². The van der Waals surface area contributed by atoms with Crippen LogP contribution in [0.2, 0.25) is 5.02 Å². The molecule has 0 bridgehead atoms. The number of nitrogens with one attached hydrogen (secondary N) is 1. The molecule has 7 nitrogen and oxygen atoms in total. The molecule has 108 valence electrons. The molecule has 3 heterocycles. The Morgan fingerprint density at radius 3 is 3.10 bits per heavy atom. The van der Waals surface area contributed by atoms with Gasteiger partial charge < -0.3 is 5.32 Å². The minimum Gasteiger partial charge on any atom is -0.351 e. The Morgan fingerprint density at radius 2 is 2.33 bits per heavy atom. The Balaban J connectivity index is 1.52. The van der Waals surface area contributed by atoms with E-state index in [0.29, 0.717) is 29.5 Å². The van der Waals surface area contributed by atoms with Crippen molar-refractivity contribution in [1.82, 2.24) is 29.7 Å². The molecule has 0 aliphatic carbocycles. The second-order valence-electron chi connectivity index (χ2n) is 4.48. The van der Waals surface area contributed by atoms with Gasteiger partial charge in [-0.3, -0.25) is 9.48 Å². The maximum absolute atomic E-state index is 12.0. The van der Waals surface area contributed by atoms with Crippen LogP contribution in [0.5, 0.6) is 0 Å². The van der Waals surface area contributed by atoms with Crippen molar-refractivity contribution in [1.29, 1.82) is 0 Å². The lowest BCUT2D eigenvalue weighted by molar-refractivity contribution is 0.0947. The number of hydrogen-bond donors (Lipinski definition) is 1. The van der Waals surface area contributed by atoms with E-state index in [9.17, 15) is 4.79 Å². The third-order valence-corrected chi connectivity index (χ3v) is 3.12. The van der Waals surface area contributed by atoms with Crippen LogP contribution in [0, 0.1) is 0 Å². The topological polar surface area (TPSA) is 77.1 Å². The van der Waals surface area contributed by atoms with Crippen LogP contribution in [0.25, 0.3) is 5.65 Å². The molecule has 0 radical (unpaired) electrons. The number of amides is 1. The lowest BCUT2D eigenvalue weighted by Gasteiger charge is -2.03. The molecule has 0 saturated heterocycles. The van der Waals surface area contributed by atoms with Crippen molar-refractivity contribution >= 4 is 23.2 Å². The highest BCUT2D eigenvalue weighted by Gasteiger charge is 2.10. The summed E-state index contributed by atoms with van der Waals surface area (Å²) < 4.78 is 3.31. The van der Waals surface area contributed by atoms with E-state index in [1.165, 1.54) is 0 Å². The Kier molecular flexibility index (Phi) is 3.83. The van der Waals surface area contributed by atoms with E-state index >= 15 is 0 Å². The van der Waals surface area contributed by atoms with Gasteiger partial charge in [0, 0.05) is 37.7 Å². The van der Waals surface area contributed by atoms with Gasteiger partial charge in [-0.15, -0.1) is 0 Å². The lowest BCUT2D eigenvalue weighted by Crippen LogP contribution is -2.25. The Hall–Kier alpha value is -2.41. The highest BCUT2D eigenvalue weighted by atomic mass is 35.5. The maximum Gasteiger partial charge on any atom is 0.271 e. The third-order valence-electron chi connectivity index (χ3n) is 2.92. The first-order chi connectivity index (χ1) is 10.2. The molecule has 0 saturated carbocycles. The molecule has 1 amide bonds. The number of aromatic nitrogens is 5. The predicted molar refractivity (Wildman–Crippen MR) is 77.2 cm³/mol. The monoisotopic (exact) mass is 304 g/mol. The van der Waals surface area contributed by atoms with Gasteiger partial charge in [0.1, 0.15) is 0 Å². The van der Waals surface area contributed by atoms with E-state index in [2.05, 4.69) is 20.5 Å². The SMILES string of the molecule is O=C(NCCCn1cc(Cl)cn1)c1cc2ncccn2n1. The molecule has 0 fully saturated rings. The van der Waals surface area contributed by atoms with Crippen LogP contribution in [-0.2, 0) is 6.54 Å². The molecule has 1 N–H and O–H groups in total. The van der Waals surface area contributed by atoms with Crippen LogP contribution >= 0.6 is 11.6 Å². The zero-order valence-corrected chi connectivity index (χ0v) is 11.9. The van der Waals surface area contributed by atoms with Crippen molar-refractivity contribution < 1.29 is 4.79 Å². The van der Waals surface area contributed by atoms with Crippen molar-refractivity contribution in [3.05, 3.63) is 47.6 Å². The molecule has 0 atom stereocenters. The van der Waals surface area contributed by atoms with Gasteiger partial charge in [-0.1, -0.05) is 11.6 Å².